The first-order valence-corrected chi connectivity index (χ1v) is 11.5. The number of benzene rings is 3. The minimum Gasteiger partial charge on any atom is -0.457 e. The predicted molar refractivity (Wildman–Crippen MR) is 137 cm³/mol. The van der Waals surface area contributed by atoms with Crippen molar-refractivity contribution < 1.29 is 9.53 Å². The molecule has 168 valence electrons. The Balaban J connectivity index is 1.47. The predicted octanol–water partition coefficient (Wildman–Crippen LogP) is 7.05. The van der Waals surface area contributed by atoms with E-state index in [9.17, 15) is 4.79 Å². The van der Waals surface area contributed by atoms with E-state index in [4.69, 9.17) is 4.74 Å². The lowest BCUT2D eigenvalue weighted by atomic mass is 9.99. The Morgan fingerprint density at radius 2 is 1.61 bits per heavy atom. The van der Waals surface area contributed by atoms with Crippen LogP contribution in [0.15, 0.2) is 97.2 Å². The number of para-hydroxylation sites is 2. The third-order valence-corrected chi connectivity index (χ3v) is 5.77. The standard InChI is InChI=1S/C29H30N2O2/c1-3-4-10-20-31-21-19-23(27-13-8-9-14-28(27)31)22-29(32)30(2)24-15-17-26(18-16-24)33-25-11-6-5-7-12-25/h5-9,11-19,21-22H,3-4,10,20H2,1-2H3/b23-22+. The van der Waals surface area contributed by atoms with Gasteiger partial charge in [0.1, 0.15) is 11.5 Å². The zero-order chi connectivity index (χ0) is 23.0. The van der Waals surface area contributed by atoms with Crippen LogP contribution >= 0.6 is 0 Å². The van der Waals surface area contributed by atoms with Gasteiger partial charge in [0, 0.05) is 42.8 Å². The van der Waals surface area contributed by atoms with Gasteiger partial charge in [0.05, 0.1) is 0 Å². The number of hydrogen-bond donors (Lipinski definition) is 0. The van der Waals surface area contributed by atoms with Crippen molar-refractivity contribution in [1.29, 1.82) is 0 Å². The topological polar surface area (TPSA) is 32.8 Å². The van der Waals surface area contributed by atoms with Crippen LogP contribution in [0.3, 0.4) is 0 Å². The molecule has 0 aliphatic carbocycles. The molecule has 1 aliphatic rings. The fraction of sp³-hybridized carbons (Fsp3) is 0.207. The van der Waals surface area contributed by atoms with Gasteiger partial charge in [-0.3, -0.25) is 4.79 Å². The second kappa shape index (κ2) is 10.7. The highest BCUT2D eigenvalue weighted by molar-refractivity contribution is 6.07. The minimum absolute atomic E-state index is 0.0689. The van der Waals surface area contributed by atoms with Gasteiger partial charge in [0.25, 0.3) is 5.91 Å². The first-order valence-electron chi connectivity index (χ1n) is 11.5. The van der Waals surface area contributed by atoms with Gasteiger partial charge in [-0.05, 0) is 60.5 Å². The van der Waals surface area contributed by atoms with Crippen molar-refractivity contribution in [3.05, 3.63) is 103 Å². The Morgan fingerprint density at radius 3 is 2.36 bits per heavy atom. The largest absolute Gasteiger partial charge is 0.457 e. The second-order valence-electron chi connectivity index (χ2n) is 8.14. The first-order chi connectivity index (χ1) is 16.2. The third kappa shape index (κ3) is 5.53. The highest BCUT2D eigenvalue weighted by atomic mass is 16.5. The molecule has 3 aromatic rings. The molecule has 1 aliphatic heterocycles. The Kier molecular flexibility index (Phi) is 7.26. The number of likely N-dealkylation sites (N-methyl/N-ethyl adjacent to an activating group) is 1. The fourth-order valence-electron chi connectivity index (χ4n) is 3.88. The highest BCUT2D eigenvalue weighted by Gasteiger charge is 2.18. The van der Waals surface area contributed by atoms with E-state index in [1.54, 1.807) is 18.0 Å². The third-order valence-electron chi connectivity index (χ3n) is 5.77. The molecule has 0 radical (unpaired) electrons. The highest BCUT2D eigenvalue weighted by Crippen LogP contribution is 2.33. The molecule has 0 saturated carbocycles. The lowest BCUT2D eigenvalue weighted by Gasteiger charge is -2.28. The molecule has 0 fully saturated rings. The molecule has 4 heteroatoms. The first kappa shape index (κ1) is 22.4. The number of rotatable bonds is 8. The zero-order valence-corrected chi connectivity index (χ0v) is 19.3. The molecule has 1 amide bonds. The number of carbonyl (C=O) groups is 1. The van der Waals surface area contributed by atoms with Gasteiger partial charge in [-0.25, -0.2) is 0 Å². The van der Waals surface area contributed by atoms with Crippen molar-refractivity contribution in [1.82, 2.24) is 0 Å². The van der Waals surface area contributed by atoms with Gasteiger partial charge in [0.15, 0.2) is 0 Å². The number of nitrogens with zero attached hydrogens (tertiary/aromatic N) is 2. The SMILES string of the molecule is CCCCCN1C=C/C(=C\C(=O)N(C)c2ccc(Oc3ccccc3)cc2)c2ccccc21. The number of ether oxygens (including phenoxy) is 1. The van der Waals surface area contributed by atoms with E-state index in [-0.39, 0.29) is 5.91 Å². The van der Waals surface area contributed by atoms with Crippen LogP contribution in [0.4, 0.5) is 11.4 Å². The van der Waals surface area contributed by atoms with Crippen LogP contribution in [0.2, 0.25) is 0 Å². The van der Waals surface area contributed by atoms with E-state index in [0.29, 0.717) is 0 Å². The van der Waals surface area contributed by atoms with Crippen LogP contribution in [0.5, 0.6) is 11.5 Å². The van der Waals surface area contributed by atoms with Gasteiger partial charge in [-0.2, -0.15) is 0 Å². The van der Waals surface area contributed by atoms with Crippen LogP contribution in [0.25, 0.3) is 5.57 Å². The van der Waals surface area contributed by atoms with Crippen molar-refractivity contribution in [2.24, 2.45) is 0 Å². The monoisotopic (exact) mass is 438 g/mol. The maximum absolute atomic E-state index is 13.1. The number of allylic oxidation sites excluding steroid dienone is 2. The number of carbonyl (C=O) groups excluding carboxylic acids is 1. The number of unbranched alkanes of at least 4 members (excludes halogenated alkanes) is 2. The van der Waals surface area contributed by atoms with Crippen LogP contribution < -0.4 is 14.5 Å². The average Bonchev–Trinajstić information content (AvgIpc) is 2.86. The molecule has 0 atom stereocenters. The van der Waals surface area contributed by atoms with E-state index >= 15 is 0 Å². The van der Waals surface area contributed by atoms with Crippen molar-refractivity contribution in [3.8, 4) is 11.5 Å². The Labute approximate surface area is 196 Å². The molecular formula is C29H30N2O2. The van der Waals surface area contributed by atoms with Crippen molar-refractivity contribution in [2.45, 2.75) is 26.2 Å². The molecule has 0 bridgehead atoms. The molecule has 0 unspecified atom stereocenters. The van der Waals surface area contributed by atoms with Gasteiger partial charge in [-0.1, -0.05) is 56.2 Å². The summed E-state index contributed by atoms with van der Waals surface area (Å²) in [6, 6.07) is 25.5. The zero-order valence-electron chi connectivity index (χ0n) is 19.3. The van der Waals surface area contributed by atoms with E-state index in [0.717, 1.165) is 47.0 Å². The summed E-state index contributed by atoms with van der Waals surface area (Å²) < 4.78 is 5.85. The second-order valence-corrected chi connectivity index (χ2v) is 8.14. The molecule has 3 aromatic carbocycles. The van der Waals surface area contributed by atoms with Crippen molar-refractivity contribution in [3.63, 3.8) is 0 Å². The maximum atomic E-state index is 13.1. The van der Waals surface area contributed by atoms with Crippen LogP contribution in [0.1, 0.15) is 31.7 Å². The van der Waals surface area contributed by atoms with Gasteiger partial charge in [0.2, 0.25) is 0 Å². The number of anilines is 2. The van der Waals surface area contributed by atoms with E-state index < -0.39 is 0 Å². The van der Waals surface area contributed by atoms with E-state index in [1.165, 1.54) is 12.8 Å². The molecule has 0 N–H and O–H groups in total. The van der Waals surface area contributed by atoms with Crippen LogP contribution in [-0.4, -0.2) is 19.5 Å². The van der Waals surface area contributed by atoms with Gasteiger partial charge < -0.3 is 14.5 Å². The quantitative estimate of drug-likeness (QED) is 0.279. The summed E-state index contributed by atoms with van der Waals surface area (Å²) in [4.78, 5) is 17.0. The lowest BCUT2D eigenvalue weighted by Crippen LogP contribution is -2.25. The summed E-state index contributed by atoms with van der Waals surface area (Å²) in [7, 11) is 1.79. The summed E-state index contributed by atoms with van der Waals surface area (Å²) in [6.07, 6.45) is 9.41. The van der Waals surface area contributed by atoms with E-state index in [2.05, 4.69) is 36.2 Å². The number of hydrogen-bond acceptors (Lipinski definition) is 3. The number of fused-ring (bicyclic) bond motifs is 1. The summed E-state index contributed by atoms with van der Waals surface area (Å²) in [5.74, 6) is 1.45. The Bertz CT molecular complexity index is 1130. The van der Waals surface area contributed by atoms with Gasteiger partial charge in [-0.15, -0.1) is 0 Å². The smallest absolute Gasteiger partial charge is 0.251 e. The minimum atomic E-state index is -0.0689. The lowest BCUT2D eigenvalue weighted by molar-refractivity contribution is -0.113. The van der Waals surface area contributed by atoms with Crippen LogP contribution in [0, 0.1) is 0 Å². The number of amides is 1. The summed E-state index contributed by atoms with van der Waals surface area (Å²) in [6.45, 7) is 3.20. The molecule has 33 heavy (non-hydrogen) atoms. The van der Waals surface area contributed by atoms with Crippen molar-refractivity contribution >= 4 is 22.9 Å². The molecule has 4 rings (SSSR count). The molecular weight excluding hydrogens is 408 g/mol. The molecule has 4 nitrogen and oxygen atoms in total. The summed E-state index contributed by atoms with van der Waals surface area (Å²) >= 11 is 0. The molecule has 1 heterocycles. The van der Waals surface area contributed by atoms with E-state index in [1.807, 2.05) is 66.7 Å². The van der Waals surface area contributed by atoms with Crippen LogP contribution in [-0.2, 0) is 4.79 Å². The summed E-state index contributed by atoms with van der Waals surface area (Å²) in [5.41, 5.74) is 3.98. The summed E-state index contributed by atoms with van der Waals surface area (Å²) in [5, 5.41) is 0. The van der Waals surface area contributed by atoms with Gasteiger partial charge >= 0.3 is 0 Å². The fourth-order valence-corrected chi connectivity index (χ4v) is 3.88. The molecule has 0 aromatic heterocycles. The maximum Gasteiger partial charge on any atom is 0.251 e. The normalized spacial score (nSPS) is 13.6. The average molecular weight is 439 g/mol. The Hall–Kier alpha value is -3.79. The Morgan fingerprint density at radius 1 is 0.909 bits per heavy atom. The molecule has 0 spiro atoms. The van der Waals surface area contributed by atoms with Crippen molar-refractivity contribution in [2.75, 3.05) is 23.4 Å². The molecule has 0 saturated heterocycles.